The third-order valence-electron chi connectivity index (χ3n) is 7.55. The summed E-state index contributed by atoms with van der Waals surface area (Å²) in [7, 11) is 0. The van der Waals surface area contributed by atoms with Gasteiger partial charge in [-0.05, 0) is 50.7 Å². The van der Waals surface area contributed by atoms with Gasteiger partial charge in [-0.15, -0.1) is 0 Å². The molecule has 5 heteroatoms. The molecule has 0 radical (unpaired) electrons. The van der Waals surface area contributed by atoms with Crippen LogP contribution in [-0.2, 0) is 21.5 Å². The number of fused-ring (bicyclic) bond motifs is 4. The lowest BCUT2D eigenvalue weighted by Gasteiger charge is -2.47. The van der Waals surface area contributed by atoms with Crippen molar-refractivity contribution in [2.75, 3.05) is 19.7 Å². The number of hydrogen-bond donors (Lipinski definition) is 0. The molecule has 0 aliphatic carbocycles. The summed E-state index contributed by atoms with van der Waals surface area (Å²) in [5, 5.41) is 0. The van der Waals surface area contributed by atoms with Crippen LogP contribution in [0.25, 0.3) is 0 Å². The van der Waals surface area contributed by atoms with Gasteiger partial charge in [0.25, 0.3) is 5.56 Å². The van der Waals surface area contributed by atoms with E-state index in [0.717, 1.165) is 38.0 Å². The predicted octanol–water partition coefficient (Wildman–Crippen LogP) is 3.71. The molecule has 1 aromatic carbocycles. The fourth-order valence-corrected chi connectivity index (χ4v) is 6.27. The number of carbonyl (C=O) groups excluding carboxylic acids is 1. The fourth-order valence-electron chi connectivity index (χ4n) is 6.27. The summed E-state index contributed by atoms with van der Waals surface area (Å²) in [4.78, 5) is 28.1. The Balaban J connectivity index is 1.40. The molecule has 2 saturated heterocycles. The van der Waals surface area contributed by atoms with Gasteiger partial charge < -0.3 is 14.2 Å². The predicted molar refractivity (Wildman–Crippen MR) is 120 cm³/mol. The summed E-state index contributed by atoms with van der Waals surface area (Å²) >= 11 is 0. The van der Waals surface area contributed by atoms with Crippen molar-refractivity contribution >= 4 is 5.91 Å². The minimum Gasteiger partial charge on any atom is -0.376 e. The summed E-state index contributed by atoms with van der Waals surface area (Å²) in [6.07, 6.45) is 3.29. The third kappa shape index (κ3) is 3.84. The monoisotopic (exact) mass is 420 g/mol. The molecule has 31 heavy (non-hydrogen) atoms. The molecule has 1 unspecified atom stereocenters. The van der Waals surface area contributed by atoms with Gasteiger partial charge in [-0.2, -0.15) is 0 Å². The molecule has 5 rings (SSSR count). The Labute approximate surface area is 184 Å². The molecular weight excluding hydrogens is 388 g/mol. The molecule has 0 N–H and O–H groups in total. The molecule has 1 aromatic heterocycles. The summed E-state index contributed by atoms with van der Waals surface area (Å²) in [5.41, 5.74) is 1.98. The first-order valence-corrected chi connectivity index (χ1v) is 11.5. The van der Waals surface area contributed by atoms with Crippen molar-refractivity contribution in [1.29, 1.82) is 0 Å². The van der Waals surface area contributed by atoms with E-state index in [2.05, 4.69) is 49.1 Å². The maximum absolute atomic E-state index is 13.7. The zero-order valence-corrected chi connectivity index (χ0v) is 18.5. The van der Waals surface area contributed by atoms with Gasteiger partial charge in [0.05, 0.1) is 5.60 Å². The lowest BCUT2D eigenvalue weighted by atomic mass is 9.67. The molecule has 164 valence electrons. The van der Waals surface area contributed by atoms with Crippen LogP contribution in [0.3, 0.4) is 0 Å². The van der Waals surface area contributed by atoms with Gasteiger partial charge >= 0.3 is 0 Å². The van der Waals surface area contributed by atoms with Crippen LogP contribution in [0.1, 0.15) is 56.7 Å². The van der Waals surface area contributed by atoms with Gasteiger partial charge in [-0.25, -0.2) is 0 Å². The Hall–Kier alpha value is -2.40. The van der Waals surface area contributed by atoms with Crippen molar-refractivity contribution in [1.82, 2.24) is 9.47 Å². The zero-order chi connectivity index (χ0) is 21.6. The van der Waals surface area contributed by atoms with Gasteiger partial charge in [-0.3, -0.25) is 9.59 Å². The lowest BCUT2D eigenvalue weighted by Crippen LogP contribution is -2.52. The van der Waals surface area contributed by atoms with Crippen LogP contribution in [0, 0.1) is 5.92 Å². The van der Waals surface area contributed by atoms with Crippen LogP contribution < -0.4 is 5.56 Å². The fraction of sp³-hybridized carbons (Fsp3) is 0.538. The summed E-state index contributed by atoms with van der Waals surface area (Å²) in [5.74, 6) is 0.848. The van der Waals surface area contributed by atoms with E-state index in [4.69, 9.17) is 4.74 Å². The Morgan fingerprint density at radius 3 is 2.65 bits per heavy atom. The number of pyridine rings is 1. The van der Waals surface area contributed by atoms with Crippen LogP contribution in [0.5, 0.6) is 0 Å². The first-order valence-electron chi connectivity index (χ1n) is 11.5. The van der Waals surface area contributed by atoms with E-state index >= 15 is 0 Å². The van der Waals surface area contributed by atoms with Gasteiger partial charge in [0.15, 0.2) is 0 Å². The molecule has 2 fully saturated rings. The highest BCUT2D eigenvalue weighted by molar-refractivity contribution is 5.78. The van der Waals surface area contributed by atoms with Crippen LogP contribution in [-0.4, -0.2) is 40.7 Å². The number of hydrogen-bond acceptors (Lipinski definition) is 3. The van der Waals surface area contributed by atoms with E-state index in [1.807, 2.05) is 16.7 Å². The Morgan fingerprint density at radius 2 is 1.87 bits per heavy atom. The minimum absolute atomic E-state index is 0.0828. The average Bonchev–Trinajstić information content (AvgIpc) is 2.74. The van der Waals surface area contributed by atoms with Crippen LogP contribution >= 0.6 is 0 Å². The molecule has 3 aliphatic rings. The van der Waals surface area contributed by atoms with Crippen molar-refractivity contribution < 1.29 is 9.53 Å². The number of ether oxygens (including phenoxy) is 1. The van der Waals surface area contributed by atoms with Gasteiger partial charge in [-0.1, -0.05) is 36.4 Å². The molecule has 3 aliphatic heterocycles. The Kier molecular flexibility index (Phi) is 5.04. The maximum atomic E-state index is 13.7. The van der Waals surface area contributed by atoms with Crippen LogP contribution in [0.2, 0.25) is 0 Å². The highest BCUT2D eigenvalue weighted by atomic mass is 16.5. The van der Waals surface area contributed by atoms with E-state index < -0.39 is 0 Å². The number of aromatic nitrogens is 1. The van der Waals surface area contributed by atoms with Crippen molar-refractivity contribution in [3.05, 3.63) is 70.1 Å². The second-order valence-corrected chi connectivity index (χ2v) is 10.4. The van der Waals surface area contributed by atoms with Crippen molar-refractivity contribution in [3.8, 4) is 0 Å². The number of nitrogens with zero attached hydrogens (tertiary/aromatic N) is 2. The molecule has 3 atom stereocenters. The van der Waals surface area contributed by atoms with Gasteiger partial charge in [0.1, 0.15) is 0 Å². The van der Waals surface area contributed by atoms with E-state index in [9.17, 15) is 9.59 Å². The molecule has 0 spiro atoms. The number of amides is 1. The number of benzene rings is 1. The molecule has 2 bridgehead atoms. The third-order valence-corrected chi connectivity index (χ3v) is 7.55. The smallest absolute Gasteiger partial charge is 0.250 e. The molecule has 0 saturated carbocycles. The van der Waals surface area contributed by atoms with Crippen LogP contribution in [0.15, 0.2) is 53.3 Å². The van der Waals surface area contributed by atoms with Gasteiger partial charge in [0.2, 0.25) is 5.91 Å². The first-order chi connectivity index (χ1) is 14.9. The highest BCUT2D eigenvalue weighted by Crippen LogP contribution is 2.45. The average molecular weight is 421 g/mol. The zero-order valence-electron chi connectivity index (χ0n) is 18.5. The standard InChI is InChI=1S/C26H32N2O3/c1-25(2)18-26(11-12-31-25,21-7-4-3-5-8-21)14-24(30)27-15-19-13-20(17-27)22-9-6-10-23(29)28(22)16-19/h3-10,19-20H,11-18H2,1-2H3/t19-,20+,26?/m0/s1. The largest absolute Gasteiger partial charge is 0.376 e. The number of likely N-dealkylation sites (tertiary alicyclic amines) is 1. The van der Waals surface area contributed by atoms with E-state index in [1.165, 1.54) is 5.56 Å². The maximum Gasteiger partial charge on any atom is 0.250 e. The summed E-state index contributed by atoms with van der Waals surface area (Å²) in [6.45, 7) is 7.13. The van der Waals surface area contributed by atoms with Crippen molar-refractivity contribution in [3.63, 3.8) is 0 Å². The Bertz CT molecular complexity index is 1030. The quantitative estimate of drug-likeness (QED) is 0.761. The summed E-state index contributed by atoms with van der Waals surface area (Å²) < 4.78 is 7.95. The number of rotatable bonds is 3. The molecule has 4 heterocycles. The highest BCUT2D eigenvalue weighted by Gasteiger charge is 2.45. The van der Waals surface area contributed by atoms with E-state index in [0.29, 0.717) is 25.5 Å². The Morgan fingerprint density at radius 1 is 1.06 bits per heavy atom. The molecule has 1 amide bonds. The summed E-state index contributed by atoms with van der Waals surface area (Å²) in [6, 6.07) is 16.1. The van der Waals surface area contributed by atoms with Crippen molar-refractivity contribution in [2.24, 2.45) is 5.92 Å². The van der Waals surface area contributed by atoms with Crippen molar-refractivity contribution in [2.45, 2.75) is 63.0 Å². The number of carbonyl (C=O) groups is 1. The van der Waals surface area contributed by atoms with Gasteiger partial charge in [0, 0.05) is 55.8 Å². The number of piperidine rings is 1. The van der Waals surface area contributed by atoms with Crippen LogP contribution in [0.4, 0.5) is 0 Å². The molecule has 2 aromatic rings. The molecule has 5 nitrogen and oxygen atoms in total. The molecular formula is C26H32N2O3. The first kappa shape index (κ1) is 20.5. The topological polar surface area (TPSA) is 51.5 Å². The normalized spacial score (nSPS) is 29.3. The SMILES string of the molecule is CC1(C)CC(CC(=O)N2C[C@@H]3C[C@H](C2)c2cccc(=O)n2C3)(c2ccccc2)CCO1. The van der Waals surface area contributed by atoms with E-state index in [1.54, 1.807) is 6.07 Å². The lowest BCUT2D eigenvalue weighted by molar-refractivity contribution is -0.139. The second-order valence-electron chi connectivity index (χ2n) is 10.4. The minimum atomic E-state index is -0.243. The second kappa shape index (κ2) is 7.63. The van der Waals surface area contributed by atoms with E-state index in [-0.39, 0.29) is 28.4 Å².